The highest BCUT2D eigenvalue weighted by atomic mass is 32.2. The summed E-state index contributed by atoms with van der Waals surface area (Å²) in [6.07, 6.45) is 4.14. The Hall–Kier alpha value is -4.50. The quantitative estimate of drug-likeness (QED) is 0.123. The van der Waals surface area contributed by atoms with Gasteiger partial charge in [0.25, 0.3) is 5.91 Å². The number of carbonyl (C=O) groups excluding carboxylic acids is 2. The molecule has 0 aliphatic carbocycles. The molecule has 0 bridgehead atoms. The Bertz CT molecular complexity index is 1970. The largest absolute Gasteiger partial charge is 0.496 e. The number of benzene rings is 2. The second-order valence-electron chi connectivity index (χ2n) is 11.5. The number of esters is 1. The van der Waals surface area contributed by atoms with E-state index in [4.69, 9.17) is 14.2 Å². The fraction of sp³-hybridized carbons (Fsp3) is 0.412. The molecule has 0 saturated carbocycles. The van der Waals surface area contributed by atoms with Crippen LogP contribution < -0.4 is 19.5 Å². The van der Waals surface area contributed by atoms with Crippen LogP contribution in [-0.2, 0) is 40.7 Å². The third-order valence-corrected chi connectivity index (χ3v) is 11.2. The minimum absolute atomic E-state index is 0.0380. The smallest absolute Gasteiger partial charge is 0.305 e. The van der Waals surface area contributed by atoms with Crippen LogP contribution in [0.3, 0.4) is 0 Å². The van der Waals surface area contributed by atoms with Crippen molar-refractivity contribution in [3.63, 3.8) is 0 Å². The number of imidazole rings is 1. The summed E-state index contributed by atoms with van der Waals surface area (Å²) in [7, 11) is -1.64. The van der Waals surface area contributed by atoms with E-state index in [9.17, 15) is 22.2 Å². The molecular weight excluding hydrogens is 673 g/mol. The van der Waals surface area contributed by atoms with Crippen LogP contribution in [0.5, 0.6) is 17.2 Å². The Labute approximate surface area is 288 Å². The summed E-state index contributed by atoms with van der Waals surface area (Å²) in [5.41, 5.74) is 3.45. The first-order valence-electron chi connectivity index (χ1n) is 15.6. The molecule has 0 aliphatic heterocycles. The highest BCUT2D eigenvalue weighted by molar-refractivity contribution is 7.92. The van der Waals surface area contributed by atoms with E-state index in [1.165, 1.54) is 20.3 Å². The van der Waals surface area contributed by atoms with Gasteiger partial charge in [-0.05, 0) is 75.9 Å². The number of pyridine rings is 1. The molecule has 4 rings (SSSR count). The molecule has 1 atom stereocenters. The van der Waals surface area contributed by atoms with E-state index >= 15 is 0 Å². The Morgan fingerprint density at radius 2 is 1.65 bits per heavy atom. The first kappa shape index (κ1) is 37.3. The molecule has 0 saturated heterocycles. The number of aryl methyl sites for hydroxylation is 3. The summed E-state index contributed by atoms with van der Waals surface area (Å²) in [6, 6.07) is 6.27. The molecule has 0 aliphatic rings. The van der Waals surface area contributed by atoms with E-state index in [2.05, 4.69) is 25.0 Å². The average molecular weight is 715 g/mol. The van der Waals surface area contributed by atoms with Crippen molar-refractivity contribution in [2.45, 2.75) is 74.1 Å². The van der Waals surface area contributed by atoms with Gasteiger partial charge in [0.15, 0.2) is 11.8 Å². The number of sulfone groups is 1. The lowest BCUT2D eigenvalue weighted by molar-refractivity contribution is -0.140. The Morgan fingerprint density at radius 3 is 2.31 bits per heavy atom. The fourth-order valence-corrected chi connectivity index (χ4v) is 8.66. The molecule has 0 spiro atoms. The molecule has 13 nitrogen and oxygen atoms in total. The number of unbranched alkanes of at least 4 members (excludes halogenated alkanes) is 2. The lowest BCUT2D eigenvalue weighted by atomic mass is 10.1. The van der Waals surface area contributed by atoms with Crippen molar-refractivity contribution >= 4 is 43.5 Å². The number of H-pyrrole nitrogens is 1. The second-order valence-corrected chi connectivity index (χ2v) is 14.7. The van der Waals surface area contributed by atoms with E-state index < -0.39 is 20.6 Å². The molecule has 0 radical (unpaired) electrons. The molecule has 0 fully saturated rings. The van der Waals surface area contributed by atoms with Gasteiger partial charge >= 0.3 is 5.97 Å². The molecule has 15 heteroatoms. The molecule has 1 amide bonds. The number of ether oxygens (including phenoxy) is 4. The standard InChI is InChI=1S/C34H42N4O9S2/c1-20-15-24(47-18-28(39)35-14-10-8-9-11-29(40)45-6)16-21(2)32(20)49(42,43)33-27(44-5)13-12-25-30(33)38-34(37-25)48(41)19-26-23(4)31(46-7)22(3)17-36-26/h12-13,15-17H,8-11,14,18-19H2,1-7H3,(H,35,39)(H,37,38). The number of fused-ring (bicyclic) bond motifs is 1. The van der Waals surface area contributed by atoms with Crippen molar-refractivity contribution < 1.29 is 41.2 Å². The van der Waals surface area contributed by atoms with Crippen LogP contribution in [0.4, 0.5) is 0 Å². The summed E-state index contributed by atoms with van der Waals surface area (Å²) in [5, 5.41) is 2.87. The molecular formula is C34H42N4O9S2. The number of nitrogens with one attached hydrogen (secondary N) is 2. The maximum absolute atomic E-state index is 14.3. The van der Waals surface area contributed by atoms with Crippen molar-refractivity contribution in [1.82, 2.24) is 20.3 Å². The van der Waals surface area contributed by atoms with Gasteiger partial charge in [-0.15, -0.1) is 0 Å². The van der Waals surface area contributed by atoms with Crippen molar-refractivity contribution in [2.75, 3.05) is 34.5 Å². The van der Waals surface area contributed by atoms with E-state index in [-0.39, 0.29) is 50.4 Å². The predicted molar refractivity (Wildman–Crippen MR) is 183 cm³/mol. The summed E-state index contributed by atoms with van der Waals surface area (Å²) < 4.78 is 63.5. The van der Waals surface area contributed by atoms with Crippen LogP contribution in [0, 0.1) is 27.7 Å². The zero-order valence-electron chi connectivity index (χ0n) is 28.7. The van der Waals surface area contributed by atoms with Gasteiger partial charge in [-0.1, -0.05) is 6.42 Å². The van der Waals surface area contributed by atoms with Crippen LogP contribution in [0.1, 0.15) is 53.6 Å². The fourth-order valence-electron chi connectivity index (χ4n) is 5.57. The first-order valence-corrected chi connectivity index (χ1v) is 18.4. The van der Waals surface area contributed by atoms with Crippen LogP contribution in [0.15, 0.2) is 45.4 Å². The van der Waals surface area contributed by atoms with Crippen LogP contribution in [-0.4, -0.2) is 73.9 Å². The lowest BCUT2D eigenvalue weighted by Crippen LogP contribution is -2.29. The minimum atomic E-state index is -4.24. The highest BCUT2D eigenvalue weighted by Gasteiger charge is 2.31. The summed E-state index contributed by atoms with van der Waals surface area (Å²) in [6.45, 7) is 7.19. The van der Waals surface area contributed by atoms with Crippen LogP contribution >= 0.6 is 0 Å². The average Bonchev–Trinajstić information content (AvgIpc) is 3.50. The van der Waals surface area contributed by atoms with Crippen molar-refractivity contribution in [3.8, 4) is 17.2 Å². The monoisotopic (exact) mass is 714 g/mol. The zero-order valence-corrected chi connectivity index (χ0v) is 30.4. The highest BCUT2D eigenvalue weighted by Crippen LogP contribution is 2.39. The number of carbonyl (C=O) groups is 2. The van der Waals surface area contributed by atoms with Crippen molar-refractivity contribution in [3.05, 3.63) is 58.4 Å². The lowest BCUT2D eigenvalue weighted by Gasteiger charge is -2.16. The number of methoxy groups -OCH3 is 3. The number of hydrogen-bond donors (Lipinski definition) is 2. The van der Waals surface area contributed by atoms with Crippen LogP contribution in [0.25, 0.3) is 11.0 Å². The van der Waals surface area contributed by atoms with Crippen molar-refractivity contribution in [1.29, 1.82) is 0 Å². The van der Waals surface area contributed by atoms with Gasteiger partial charge in [0, 0.05) is 30.3 Å². The topological polar surface area (TPSA) is 176 Å². The van der Waals surface area contributed by atoms with Gasteiger partial charge in [0.05, 0.1) is 54.0 Å². The minimum Gasteiger partial charge on any atom is -0.496 e. The van der Waals surface area contributed by atoms with Crippen LogP contribution in [0.2, 0.25) is 0 Å². The molecule has 264 valence electrons. The first-order chi connectivity index (χ1) is 23.3. The van der Waals surface area contributed by atoms with Gasteiger partial charge in [-0.25, -0.2) is 13.4 Å². The van der Waals surface area contributed by atoms with E-state index in [0.717, 1.165) is 17.5 Å². The summed E-state index contributed by atoms with van der Waals surface area (Å²) >= 11 is 0. The Balaban J connectivity index is 1.54. The third-order valence-electron chi connectivity index (χ3n) is 7.95. The molecule has 2 N–H and O–H groups in total. The number of amides is 1. The van der Waals surface area contributed by atoms with Gasteiger partial charge in [-0.3, -0.25) is 18.8 Å². The molecule has 2 aromatic carbocycles. The maximum atomic E-state index is 14.3. The number of hydrogen-bond acceptors (Lipinski definition) is 11. The number of nitrogens with zero attached hydrogens (tertiary/aromatic N) is 2. The number of rotatable bonds is 16. The van der Waals surface area contributed by atoms with Gasteiger partial charge in [-0.2, -0.15) is 0 Å². The zero-order chi connectivity index (χ0) is 35.9. The summed E-state index contributed by atoms with van der Waals surface area (Å²) in [4.78, 5) is 35.4. The van der Waals surface area contributed by atoms with E-state index in [1.807, 2.05) is 13.8 Å². The molecule has 4 aromatic rings. The summed E-state index contributed by atoms with van der Waals surface area (Å²) in [5.74, 6) is 0.535. The maximum Gasteiger partial charge on any atom is 0.305 e. The Kier molecular flexibility index (Phi) is 12.4. The number of aromatic nitrogens is 3. The number of aromatic amines is 1. The molecule has 2 aromatic heterocycles. The SMILES string of the molecule is COC(=O)CCCCCNC(=O)COc1cc(C)c(S(=O)(=O)c2c(OC)ccc3[nH]c(S(=O)Cc4ncc(C)c(OC)c4C)nc23)c(C)c1. The normalized spacial score (nSPS) is 12.1. The van der Waals surface area contributed by atoms with Crippen molar-refractivity contribution in [2.24, 2.45) is 0 Å². The third kappa shape index (κ3) is 8.57. The van der Waals surface area contributed by atoms with E-state index in [1.54, 1.807) is 45.4 Å². The second kappa shape index (κ2) is 16.3. The molecule has 49 heavy (non-hydrogen) atoms. The molecule has 1 unspecified atom stereocenters. The van der Waals surface area contributed by atoms with Gasteiger partial charge < -0.3 is 29.2 Å². The van der Waals surface area contributed by atoms with Gasteiger partial charge in [0.1, 0.15) is 27.7 Å². The Morgan fingerprint density at radius 1 is 0.939 bits per heavy atom. The van der Waals surface area contributed by atoms with Gasteiger partial charge in [0.2, 0.25) is 9.84 Å². The predicted octanol–water partition coefficient (Wildman–Crippen LogP) is 4.58. The van der Waals surface area contributed by atoms with E-state index in [0.29, 0.717) is 59.6 Å². The molecule has 2 heterocycles.